The van der Waals surface area contributed by atoms with Crippen LogP contribution in [0.1, 0.15) is 6.92 Å². The van der Waals surface area contributed by atoms with E-state index in [1.165, 1.54) is 0 Å². The van der Waals surface area contributed by atoms with Crippen molar-refractivity contribution in [2.24, 2.45) is 0 Å². The van der Waals surface area contributed by atoms with E-state index in [0.717, 1.165) is 27.3 Å². The van der Waals surface area contributed by atoms with E-state index in [9.17, 15) is 0 Å². The third-order valence-electron chi connectivity index (χ3n) is 2.01. The summed E-state index contributed by atoms with van der Waals surface area (Å²) in [6.07, 6.45) is 3.47. The monoisotopic (exact) mass is 265 g/mol. The lowest BCUT2D eigenvalue weighted by Crippen LogP contribution is -2.00. The van der Waals surface area contributed by atoms with E-state index in [1.54, 1.807) is 24.2 Å². The molecule has 1 aromatic carbocycles. The lowest BCUT2D eigenvalue weighted by atomic mass is 10.4. The van der Waals surface area contributed by atoms with Crippen molar-refractivity contribution in [1.82, 2.24) is 9.97 Å². The van der Waals surface area contributed by atoms with Crippen LogP contribution >= 0.6 is 23.4 Å². The maximum atomic E-state index is 5.83. The fourth-order valence-electron chi connectivity index (χ4n) is 1.29. The van der Waals surface area contributed by atoms with Gasteiger partial charge in [0.25, 0.3) is 0 Å². The van der Waals surface area contributed by atoms with Gasteiger partial charge in [0.2, 0.25) is 0 Å². The summed E-state index contributed by atoms with van der Waals surface area (Å²) in [6, 6.07) is 7.67. The average Bonchev–Trinajstić information content (AvgIpc) is 2.33. The van der Waals surface area contributed by atoms with Gasteiger partial charge in [-0.05, 0) is 31.2 Å². The fourth-order valence-corrected chi connectivity index (χ4v) is 2.18. The SMILES string of the molecule is CCNc1cncc(Sc2ccc(Cl)cc2)n1. The predicted molar refractivity (Wildman–Crippen MR) is 71.8 cm³/mol. The number of nitrogens with one attached hydrogen (secondary N) is 1. The van der Waals surface area contributed by atoms with E-state index in [2.05, 4.69) is 15.3 Å². The molecule has 1 aromatic heterocycles. The van der Waals surface area contributed by atoms with Gasteiger partial charge >= 0.3 is 0 Å². The summed E-state index contributed by atoms with van der Waals surface area (Å²) in [4.78, 5) is 9.68. The highest BCUT2D eigenvalue weighted by Crippen LogP contribution is 2.27. The minimum Gasteiger partial charge on any atom is -0.369 e. The summed E-state index contributed by atoms with van der Waals surface area (Å²) < 4.78 is 0. The molecule has 1 heterocycles. The smallest absolute Gasteiger partial charge is 0.145 e. The maximum Gasteiger partial charge on any atom is 0.145 e. The molecule has 0 saturated carbocycles. The second-order valence-electron chi connectivity index (χ2n) is 3.33. The number of hydrogen-bond acceptors (Lipinski definition) is 4. The molecule has 0 amide bonds. The summed E-state index contributed by atoms with van der Waals surface area (Å²) >= 11 is 7.40. The minimum absolute atomic E-state index is 0.738. The first-order chi connectivity index (χ1) is 8.28. The summed E-state index contributed by atoms with van der Waals surface area (Å²) in [5.41, 5.74) is 0. The van der Waals surface area contributed by atoms with Gasteiger partial charge in [0.05, 0.1) is 12.4 Å². The molecule has 0 atom stereocenters. The van der Waals surface area contributed by atoms with Gasteiger partial charge in [-0.3, -0.25) is 4.98 Å². The highest BCUT2D eigenvalue weighted by Gasteiger charge is 2.01. The van der Waals surface area contributed by atoms with Crippen molar-refractivity contribution in [1.29, 1.82) is 0 Å². The number of hydrogen-bond donors (Lipinski definition) is 1. The van der Waals surface area contributed by atoms with Crippen LogP contribution in [0.5, 0.6) is 0 Å². The van der Waals surface area contributed by atoms with Gasteiger partial charge in [-0.15, -0.1) is 0 Å². The molecule has 2 aromatic rings. The molecule has 0 spiro atoms. The Morgan fingerprint density at radius 3 is 2.71 bits per heavy atom. The zero-order valence-electron chi connectivity index (χ0n) is 9.35. The number of halogens is 1. The van der Waals surface area contributed by atoms with Gasteiger partial charge in [-0.2, -0.15) is 0 Å². The van der Waals surface area contributed by atoms with Crippen LogP contribution in [0.4, 0.5) is 5.82 Å². The summed E-state index contributed by atoms with van der Waals surface area (Å²) in [5, 5.41) is 4.74. The predicted octanol–water partition coefficient (Wildman–Crippen LogP) is 3.71. The number of aromatic nitrogens is 2. The number of benzene rings is 1. The topological polar surface area (TPSA) is 37.8 Å². The molecule has 0 radical (unpaired) electrons. The molecule has 0 fully saturated rings. The Bertz CT molecular complexity index is 487. The van der Waals surface area contributed by atoms with Crippen molar-refractivity contribution in [3.05, 3.63) is 41.7 Å². The van der Waals surface area contributed by atoms with Gasteiger partial charge < -0.3 is 5.32 Å². The Morgan fingerprint density at radius 1 is 1.24 bits per heavy atom. The van der Waals surface area contributed by atoms with E-state index < -0.39 is 0 Å². The normalized spacial score (nSPS) is 10.2. The zero-order chi connectivity index (χ0) is 12.1. The van der Waals surface area contributed by atoms with Crippen LogP contribution in [0.3, 0.4) is 0 Å². The Kier molecular flexibility index (Phi) is 4.23. The molecule has 1 N–H and O–H groups in total. The Labute approximate surface area is 110 Å². The lowest BCUT2D eigenvalue weighted by Gasteiger charge is -2.04. The molecule has 5 heteroatoms. The van der Waals surface area contributed by atoms with Gasteiger partial charge in [0.1, 0.15) is 10.8 Å². The Balaban J connectivity index is 2.12. The second-order valence-corrected chi connectivity index (χ2v) is 4.86. The number of nitrogens with zero attached hydrogens (tertiary/aromatic N) is 2. The summed E-state index contributed by atoms with van der Waals surface area (Å²) in [6.45, 7) is 2.87. The minimum atomic E-state index is 0.738. The Morgan fingerprint density at radius 2 is 2.00 bits per heavy atom. The summed E-state index contributed by atoms with van der Waals surface area (Å²) in [7, 11) is 0. The van der Waals surface area contributed by atoms with Crippen molar-refractivity contribution in [3.8, 4) is 0 Å². The average molecular weight is 266 g/mol. The highest BCUT2D eigenvalue weighted by atomic mass is 35.5. The third kappa shape index (κ3) is 3.61. The van der Waals surface area contributed by atoms with Gasteiger partial charge in [0.15, 0.2) is 0 Å². The summed E-state index contributed by atoms with van der Waals surface area (Å²) in [5.74, 6) is 0.798. The molecule has 0 aliphatic heterocycles. The van der Waals surface area contributed by atoms with Crippen molar-refractivity contribution in [3.63, 3.8) is 0 Å². The van der Waals surface area contributed by atoms with Gasteiger partial charge in [-0.25, -0.2) is 4.98 Å². The Hall–Kier alpha value is -1.26. The van der Waals surface area contributed by atoms with Crippen LogP contribution in [0.25, 0.3) is 0 Å². The molecule has 88 valence electrons. The molecular weight excluding hydrogens is 254 g/mol. The molecular formula is C12H12ClN3S. The van der Waals surface area contributed by atoms with Crippen molar-refractivity contribution in [2.45, 2.75) is 16.8 Å². The van der Waals surface area contributed by atoms with Crippen LogP contribution in [0.15, 0.2) is 46.6 Å². The quantitative estimate of drug-likeness (QED) is 0.914. The van der Waals surface area contributed by atoms with Crippen LogP contribution in [0, 0.1) is 0 Å². The largest absolute Gasteiger partial charge is 0.369 e. The van der Waals surface area contributed by atoms with E-state index in [0.29, 0.717) is 0 Å². The van der Waals surface area contributed by atoms with Crippen LogP contribution < -0.4 is 5.32 Å². The molecule has 17 heavy (non-hydrogen) atoms. The van der Waals surface area contributed by atoms with E-state index >= 15 is 0 Å². The van der Waals surface area contributed by atoms with Crippen molar-refractivity contribution >= 4 is 29.2 Å². The van der Waals surface area contributed by atoms with E-state index in [4.69, 9.17) is 11.6 Å². The van der Waals surface area contributed by atoms with Gasteiger partial charge in [0, 0.05) is 16.5 Å². The first-order valence-electron chi connectivity index (χ1n) is 5.27. The maximum absolute atomic E-state index is 5.83. The van der Waals surface area contributed by atoms with Gasteiger partial charge in [-0.1, -0.05) is 23.4 Å². The number of anilines is 1. The van der Waals surface area contributed by atoms with Crippen LogP contribution in [0.2, 0.25) is 5.02 Å². The van der Waals surface area contributed by atoms with Crippen LogP contribution in [-0.2, 0) is 0 Å². The van der Waals surface area contributed by atoms with E-state index in [-0.39, 0.29) is 0 Å². The van der Waals surface area contributed by atoms with Crippen LogP contribution in [-0.4, -0.2) is 16.5 Å². The second kappa shape index (κ2) is 5.89. The van der Waals surface area contributed by atoms with Crippen molar-refractivity contribution < 1.29 is 0 Å². The standard InChI is InChI=1S/C12H12ClN3S/c1-2-15-11-7-14-8-12(16-11)17-10-5-3-9(13)4-6-10/h3-8H,2H2,1H3,(H,15,16). The van der Waals surface area contributed by atoms with E-state index in [1.807, 2.05) is 31.2 Å². The molecule has 3 nitrogen and oxygen atoms in total. The van der Waals surface area contributed by atoms with Crippen molar-refractivity contribution in [2.75, 3.05) is 11.9 Å². The lowest BCUT2D eigenvalue weighted by molar-refractivity contribution is 1.03. The first-order valence-corrected chi connectivity index (χ1v) is 6.46. The molecule has 0 saturated heterocycles. The molecule has 0 bridgehead atoms. The molecule has 0 aliphatic carbocycles. The third-order valence-corrected chi connectivity index (χ3v) is 3.17. The highest BCUT2D eigenvalue weighted by molar-refractivity contribution is 7.99. The zero-order valence-corrected chi connectivity index (χ0v) is 10.9. The molecule has 2 rings (SSSR count). The number of rotatable bonds is 4. The molecule has 0 unspecified atom stereocenters. The molecule has 0 aliphatic rings. The first kappa shape index (κ1) is 12.2. The fraction of sp³-hybridized carbons (Fsp3) is 0.167.